The smallest absolute Gasteiger partial charge is 0.119 e. The van der Waals surface area contributed by atoms with Crippen LogP contribution in [0.4, 0.5) is 5.00 Å². The highest BCUT2D eigenvalue weighted by atomic mass is 32.2. The zero-order valence-corrected chi connectivity index (χ0v) is 11.8. The molecule has 17 heavy (non-hydrogen) atoms. The Morgan fingerprint density at radius 2 is 2.06 bits per heavy atom. The molecular formula is C13H15NOS2. The number of benzene rings is 1. The van der Waals surface area contributed by atoms with Gasteiger partial charge in [-0.2, -0.15) is 0 Å². The molecule has 0 bridgehead atoms. The average molecular weight is 265 g/mol. The molecule has 0 aliphatic rings. The number of hydrogen-bond acceptors (Lipinski definition) is 4. The molecule has 0 saturated heterocycles. The van der Waals surface area contributed by atoms with Crippen molar-refractivity contribution in [2.45, 2.75) is 9.79 Å². The van der Waals surface area contributed by atoms with Gasteiger partial charge >= 0.3 is 0 Å². The molecule has 0 aliphatic heterocycles. The first-order valence-electron chi connectivity index (χ1n) is 5.27. The second kappa shape index (κ2) is 5.47. The SMILES string of the molecule is COc1cccc(Sc2ccsc2N(C)C)c1. The lowest BCUT2D eigenvalue weighted by molar-refractivity contribution is 0.413. The Labute approximate surface area is 110 Å². The van der Waals surface area contributed by atoms with Gasteiger partial charge in [0.2, 0.25) is 0 Å². The highest BCUT2D eigenvalue weighted by Gasteiger charge is 2.08. The highest BCUT2D eigenvalue weighted by Crippen LogP contribution is 2.39. The number of hydrogen-bond donors (Lipinski definition) is 0. The van der Waals surface area contributed by atoms with E-state index in [1.54, 1.807) is 30.2 Å². The van der Waals surface area contributed by atoms with Gasteiger partial charge in [-0.1, -0.05) is 17.8 Å². The van der Waals surface area contributed by atoms with Crippen LogP contribution in [0.5, 0.6) is 5.75 Å². The van der Waals surface area contributed by atoms with Crippen LogP contribution in [0.1, 0.15) is 0 Å². The molecule has 90 valence electrons. The summed E-state index contributed by atoms with van der Waals surface area (Å²) >= 11 is 3.53. The lowest BCUT2D eigenvalue weighted by Gasteiger charge is -2.12. The van der Waals surface area contributed by atoms with Gasteiger partial charge in [0.05, 0.1) is 7.11 Å². The van der Waals surface area contributed by atoms with E-state index in [-0.39, 0.29) is 0 Å². The van der Waals surface area contributed by atoms with Gasteiger partial charge in [-0.15, -0.1) is 11.3 Å². The summed E-state index contributed by atoms with van der Waals surface area (Å²) in [5.41, 5.74) is 0. The summed E-state index contributed by atoms with van der Waals surface area (Å²) in [6.07, 6.45) is 0. The van der Waals surface area contributed by atoms with E-state index in [0.717, 1.165) is 5.75 Å². The van der Waals surface area contributed by atoms with Crippen molar-refractivity contribution in [3.05, 3.63) is 35.7 Å². The molecule has 0 aliphatic carbocycles. The van der Waals surface area contributed by atoms with E-state index in [1.807, 2.05) is 12.1 Å². The third-order valence-corrected chi connectivity index (χ3v) is 4.53. The molecule has 0 fully saturated rings. The van der Waals surface area contributed by atoms with E-state index >= 15 is 0 Å². The van der Waals surface area contributed by atoms with Crippen LogP contribution in [0.3, 0.4) is 0 Å². The average Bonchev–Trinajstić information content (AvgIpc) is 2.77. The van der Waals surface area contributed by atoms with E-state index in [4.69, 9.17) is 4.74 Å². The largest absolute Gasteiger partial charge is 0.497 e. The van der Waals surface area contributed by atoms with Gasteiger partial charge in [0.15, 0.2) is 0 Å². The Morgan fingerprint density at radius 3 is 2.76 bits per heavy atom. The first-order chi connectivity index (χ1) is 8.20. The minimum atomic E-state index is 0.900. The van der Waals surface area contributed by atoms with Crippen LogP contribution in [-0.2, 0) is 0 Å². The number of thiophene rings is 1. The van der Waals surface area contributed by atoms with Crippen molar-refractivity contribution in [2.75, 3.05) is 26.1 Å². The van der Waals surface area contributed by atoms with Crippen molar-refractivity contribution in [3.8, 4) is 5.75 Å². The summed E-state index contributed by atoms with van der Waals surface area (Å²) in [6.45, 7) is 0. The molecule has 1 aromatic carbocycles. The maximum absolute atomic E-state index is 5.23. The van der Waals surface area contributed by atoms with Gasteiger partial charge < -0.3 is 9.64 Å². The molecule has 1 aromatic heterocycles. The van der Waals surface area contributed by atoms with Crippen molar-refractivity contribution in [1.29, 1.82) is 0 Å². The summed E-state index contributed by atoms with van der Waals surface area (Å²) in [5.74, 6) is 0.900. The fourth-order valence-electron chi connectivity index (χ4n) is 1.48. The first kappa shape index (κ1) is 12.3. The van der Waals surface area contributed by atoms with E-state index < -0.39 is 0 Å². The van der Waals surface area contributed by atoms with Crippen LogP contribution >= 0.6 is 23.1 Å². The maximum atomic E-state index is 5.23. The van der Waals surface area contributed by atoms with Crippen molar-refractivity contribution in [2.24, 2.45) is 0 Å². The Kier molecular flexibility index (Phi) is 3.97. The molecule has 1 heterocycles. The summed E-state index contributed by atoms with van der Waals surface area (Å²) < 4.78 is 5.23. The summed E-state index contributed by atoms with van der Waals surface area (Å²) in [4.78, 5) is 4.63. The van der Waals surface area contributed by atoms with Crippen LogP contribution in [0, 0.1) is 0 Å². The summed E-state index contributed by atoms with van der Waals surface area (Å²) in [5, 5.41) is 3.41. The zero-order valence-electron chi connectivity index (χ0n) is 10.1. The Hall–Kier alpha value is -1.13. The van der Waals surface area contributed by atoms with Crippen molar-refractivity contribution in [3.63, 3.8) is 0 Å². The van der Waals surface area contributed by atoms with Gasteiger partial charge in [-0.05, 0) is 29.6 Å². The molecule has 2 nitrogen and oxygen atoms in total. The van der Waals surface area contributed by atoms with Crippen LogP contribution in [-0.4, -0.2) is 21.2 Å². The Morgan fingerprint density at radius 1 is 1.24 bits per heavy atom. The number of anilines is 1. The van der Waals surface area contributed by atoms with Gasteiger partial charge in [0.25, 0.3) is 0 Å². The number of rotatable bonds is 4. The fraction of sp³-hybridized carbons (Fsp3) is 0.231. The number of ether oxygens (including phenoxy) is 1. The highest BCUT2D eigenvalue weighted by molar-refractivity contribution is 7.99. The fourth-order valence-corrected chi connectivity index (χ4v) is 3.55. The molecule has 0 saturated carbocycles. The molecular weight excluding hydrogens is 250 g/mol. The maximum Gasteiger partial charge on any atom is 0.119 e. The van der Waals surface area contributed by atoms with Crippen LogP contribution in [0.15, 0.2) is 45.5 Å². The molecule has 0 N–H and O–H groups in total. The second-order valence-electron chi connectivity index (χ2n) is 3.77. The molecule has 0 spiro atoms. The van der Waals surface area contributed by atoms with Gasteiger partial charge in [-0.25, -0.2) is 0 Å². The lowest BCUT2D eigenvalue weighted by Crippen LogP contribution is -2.07. The first-order valence-corrected chi connectivity index (χ1v) is 6.97. The monoisotopic (exact) mass is 265 g/mol. The van der Waals surface area contributed by atoms with Crippen LogP contribution < -0.4 is 9.64 Å². The minimum Gasteiger partial charge on any atom is -0.497 e. The van der Waals surface area contributed by atoms with E-state index in [0.29, 0.717) is 0 Å². The van der Waals surface area contributed by atoms with E-state index in [2.05, 4.69) is 42.6 Å². The second-order valence-corrected chi connectivity index (χ2v) is 5.78. The van der Waals surface area contributed by atoms with Crippen LogP contribution in [0.2, 0.25) is 0 Å². The molecule has 0 amide bonds. The van der Waals surface area contributed by atoms with E-state index in [9.17, 15) is 0 Å². The van der Waals surface area contributed by atoms with Crippen LogP contribution in [0.25, 0.3) is 0 Å². The van der Waals surface area contributed by atoms with Crippen molar-refractivity contribution in [1.82, 2.24) is 0 Å². The normalized spacial score (nSPS) is 10.3. The molecule has 2 rings (SSSR count). The van der Waals surface area contributed by atoms with Gasteiger partial charge in [0.1, 0.15) is 10.8 Å². The number of methoxy groups -OCH3 is 1. The Bertz CT molecular complexity index is 494. The van der Waals surface area contributed by atoms with Gasteiger partial charge in [-0.3, -0.25) is 0 Å². The molecule has 0 atom stereocenters. The lowest BCUT2D eigenvalue weighted by atomic mass is 10.3. The zero-order chi connectivity index (χ0) is 12.3. The minimum absolute atomic E-state index is 0.900. The summed E-state index contributed by atoms with van der Waals surface area (Å²) in [7, 11) is 5.84. The number of nitrogens with zero attached hydrogens (tertiary/aromatic N) is 1. The molecule has 0 unspecified atom stereocenters. The van der Waals surface area contributed by atoms with Gasteiger partial charge in [0, 0.05) is 23.9 Å². The van der Waals surface area contributed by atoms with E-state index in [1.165, 1.54) is 14.8 Å². The molecule has 4 heteroatoms. The standard InChI is InChI=1S/C13H15NOS2/c1-14(2)13-12(7-8-16-13)17-11-6-4-5-10(9-11)15-3/h4-9H,1-3H3. The third-order valence-electron chi connectivity index (χ3n) is 2.29. The molecule has 0 radical (unpaired) electrons. The third kappa shape index (κ3) is 2.96. The van der Waals surface area contributed by atoms with Crippen molar-refractivity contribution < 1.29 is 4.74 Å². The predicted octanol–water partition coefficient (Wildman–Crippen LogP) is 3.97. The quantitative estimate of drug-likeness (QED) is 0.830. The topological polar surface area (TPSA) is 12.5 Å². The molecule has 2 aromatic rings. The Balaban J connectivity index is 2.22. The predicted molar refractivity (Wildman–Crippen MR) is 75.8 cm³/mol. The summed E-state index contributed by atoms with van der Waals surface area (Å²) in [6, 6.07) is 10.3. The van der Waals surface area contributed by atoms with Crippen molar-refractivity contribution >= 4 is 28.1 Å².